The van der Waals surface area contributed by atoms with Crippen LogP contribution in [0.5, 0.6) is 0 Å². The minimum atomic E-state index is -0.678. The van der Waals surface area contributed by atoms with Gasteiger partial charge in [0.15, 0.2) is 0 Å². The van der Waals surface area contributed by atoms with Crippen LogP contribution in [0.25, 0.3) is 11.1 Å². The average molecular weight is 740 g/mol. The highest BCUT2D eigenvalue weighted by Crippen LogP contribution is 2.44. The number of aromatic amines is 2. The first-order valence-corrected chi connectivity index (χ1v) is 20.4. The molecule has 2 amide bonds. The maximum atomic E-state index is 13.5. The lowest BCUT2D eigenvalue weighted by molar-refractivity contribution is -0.135. The van der Waals surface area contributed by atoms with Gasteiger partial charge in [-0.1, -0.05) is 68.5 Å². The SMILES string of the molecule is CC(C)C(N)C(=O)N1CCCC1c1nc2c([nH]1)CCC1CC(C3=NC4CCC(c5cnc(C6CCCN6C(=O)C(N)c6ccccc6)[nH]5)=CC4=CC3)=CC=C21. The zero-order valence-corrected chi connectivity index (χ0v) is 32.0. The molecule has 286 valence electrons. The zero-order chi connectivity index (χ0) is 37.8. The number of nitrogens with two attached hydrogens (primary N) is 2. The molecular formula is C44H53N9O2. The Kier molecular flexibility index (Phi) is 9.54. The number of carbonyl (C=O) groups excluding carboxylic acids is 2. The van der Waals surface area contributed by atoms with Crippen LogP contribution in [0.3, 0.4) is 0 Å². The van der Waals surface area contributed by atoms with Crippen LogP contribution in [0.1, 0.15) is 124 Å². The van der Waals surface area contributed by atoms with E-state index in [0.29, 0.717) is 12.5 Å². The highest BCUT2D eigenvalue weighted by molar-refractivity contribution is 6.03. The molecular weight excluding hydrogens is 687 g/mol. The quantitative estimate of drug-likeness (QED) is 0.208. The first-order chi connectivity index (χ1) is 26.7. The third-order valence-electron chi connectivity index (χ3n) is 12.9. The fraction of sp³-hybridized carbons (Fsp3) is 0.477. The van der Waals surface area contributed by atoms with Crippen molar-refractivity contribution in [2.24, 2.45) is 28.3 Å². The number of hydrogen-bond donors (Lipinski definition) is 4. The van der Waals surface area contributed by atoms with Crippen LogP contribution in [-0.4, -0.2) is 72.4 Å². The number of amides is 2. The van der Waals surface area contributed by atoms with Crippen molar-refractivity contribution in [2.45, 2.75) is 108 Å². The van der Waals surface area contributed by atoms with Crippen LogP contribution in [0.15, 0.2) is 77.0 Å². The molecule has 2 fully saturated rings. The fourth-order valence-electron chi connectivity index (χ4n) is 9.64. The lowest BCUT2D eigenvalue weighted by atomic mass is 9.76. The Morgan fingerprint density at radius 2 is 1.64 bits per heavy atom. The summed E-state index contributed by atoms with van der Waals surface area (Å²) in [4.78, 5) is 53.1. The van der Waals surface area contributed by atoms with Gasteiger partial charge < -0.3 is 31.2 Å². The van der Waals surface area contributed by atoms with Crippen molar-refractivity contribution in [3.8, 4) is 0 Å². The van der Waals surface area contributed by atoms with E-state index >= 15 is 0 Å². The van der Waals surface area contributed by atoms with Crippen LogP contribution >= 0.6 is 0 Å². The van der Waals surface area contributed by atoms with Crippen LogP contribution < -0.4 is 11.5 Å². The van der Waals surface area contributed by atoms with E-state index in [1.807, 2.05) is 60.2 Å². The molecule has 55 heavy (non-hydrogen) atoms. The van der Waals surface area contributed by atoms with E-state index in [0.717, 1.165) is 99.4 Å². The smallest absolute Gasteiger partial charge is 0.244 e. The number of aryl methyl sites for hydroxylation is 1. The number of allylic oxidation sites excluding steroid dienone is 6. The molecule has 0 spiro atoms. The standard InChI is InChI=1S/C44H53N9O2/c1-25(2)38(45)43(54)53-21-7-11-37(53)42-49-34-19-13-27-22-28(12-16-31(27)40(34)51-42)32-17-14-29-23-30(15-18-33(29)48-32)35-24-47-41(50-35)36-10-6-20-52(36)44(55)39(46)26-8-4-3-5-9-26/h3-5,8-9,12,14,16,23-25,27,33,36-39H,6-7,10-11,13,15,17-22,45-46H2,1-2H3,(H,47,50)(H,49,51). The van der Waals surface area contributed by atoms with Gasteiger partial charge in [-0.15, -0.1) is 0 Å². The average Bonchev–Trinajstić information content (AvgIpc) is 4.05. The summed E-state index contributed by atoms with van der Waals surface area (Å²) in [7, 11) is 0. The molecule has 2 aromatic heterocycles. The van der Waals surface area contributed by atoms with Gasteiger partial charge in [0.1, 0.15) is 17.7 Å². The van der Waals surface area contributed by atoms with Crippen molar-refractivity contribution in [1.29, 1.82) is 0 Å². The summed E-state index contributed by atoms with van der Waals surface area (Å²) in [6.07, 6.45) is 20.6. The van der Waals surface area contributed by atoms with Gasteiger partial charge in [-0.3, -0.25) is 14.6 Å². The van der Waals surface area contributed by atoms with E-state index in [-0.39, 0.29) is 35.9 Å². The number of hydrogen-bond acceptors (Lipinski definition) is 7. The highest BCUT2D eigenvalue weighted by atomic mass is 16.2. The van der Waals surface area contributed by atoms with E-state index in [4.69, 9.17) is 26.4 Å². The van der Waals surface area contributed by atoms with Gasteiger partial charge in [-0.05, 0) is 97.5 Å². The van der Waals surface area contributed by atoms with Gasteiger partial charge in [0, 0.05) is 30.9 Å². The van der Waals surface area contributed by atoms with Crippen molar-refractivity contribution in [3.05, 3.63) is 106 Å². The molecule has 0 radical (unpaired) electrons. The summed E-state index contributed by atoms with van der Waals surface area (Å²) in [6.45, 7) is 5.44. The molecule has 5 heterocycles. The Labute approximate surface area is 323 Å². The van der Waals surface area contributed by atoms with Crippen molar-refractivity contribution in [1.82, 2.24) is 29.7 Å². The molecule has 6 unspecified atom stereocenters. The van der Waals surface area contributed by atoms with E-state index in [1.54, 1.807) is 0 Å². The third kappa shape index (κ3) is 6.65. The number of nitrogens with zero attached hydrogens (tertiary/aromatic N) is 5. The summed E-state index contributed by atoms with van der Waals surface area (Å²) < 4.78 is 0. The Balaban J connectivity index is 0.870. The topological polar surface area (TPSA) is 162 Å². The minimum absolute atomic E-state index is 0.0330. The number of imidazole rings is 2. The Hall–Kier alpha value is -4.87. The number of rotatable bonds is 8. The molecule has 3 aliphatic heterocycles. The fourth-order valence-corrected chi connectivity index (χ4v) is 9.64. The predicted octanol–water partition coefficient (Wildman–Crippen LogP) is 6.44. The number of likely N-dealkylation sites (tertiary alicyclic amines) is 2. The van der Waals surface area contributed by atoms with E-state index in [1.165, 1.54) is 33.7 Å². The lowest BCUT2D eigenvalue weighted by Crippen LogP contribution is -2.46. The van der Waals surface area contributed by atoms with Crippen molar-refractivity contribution in [2.75, 3.05) is 13.1 Å². The predicted molar refractivity (Wildman–Crippen MR) is 214 cm³/mol. The number of nitrogens with one attached hydrogen (secondary N) is 2. The van der Waals surface area contributed by atoms with Crippen molar-refractivity contribution in [3.63, 3.8) is 0 Å². The van der Waals surface area contributed by atoms with Gasteiger partial charge in [0.05, 0.1) is 41.8 Å². The summed E-state index contributed by atoms with van der Waals surface area (Å²) in [5.74, 6) is 2.25. The number of aliphatic imine (C=N–C) groups is 1. The maximum absolute atomic E-state index is 13.5. The van der Waals surface area contributed by atoms with Gasteiger partial charge in [-0.2, -0.15) is 0 Å². The van der Waals surface area contributed by atoms with Gasteiger partial charge in [-0.25, -0.2) is 9.97 Å². The Morgan fingerprint density at radius 1 is 0.873 bits per heavy atom. The monoisotopic (exact) mass is 739 g/mol. The normalized spacial score (nSPS) is 25.9. The maximum Gasteiger partial charge on any atom is 0.244 e. The number of fused-ring (bicyclic) bond motifs is 4. The molecule has 3 aliphatic carbocycles. The molecule has 11 heteroatoms. The van der Waals surface area contributed by atoms with Gasteiger partial charge in [0.25, 0.3) is 0 Å². The third-order valence-corrected chi connectivity index (χ3v) is 12.9. The molecule has 0 saturated carbocycles. The molecule has 9 rings (SSSR count). The summed E-state index contributed by atoms with van der Waals surface area (Å²) in [6, 6.07) is 8.47. The summed E-state index contributed by atoms with van der Waals surface area (Å²) >= 11 is 0. The summed E-state index contributed by atoms with van der Waals surface area (Å²) in [5.41, 5.74) is 23.2. The molecule has 6 N–H and O–H groups in total. The van der Waals surface area contributed by atoms with Crippen LogP contribution in [0, 0.1) is 11.8 Å². The number of carbonyl (C=O) groups is 2. The molecule has 0 bridgehead atoms. The van der Waals surface area contributed by atoms with Crippen LogP contribution in [-0.2, 0) is 16.0 Å². The molecule has 1 aromatic carbocycles. The molecule has 6 atom stereocenters. The minimum Gasteiger partial charge on any atom is -0.344 e. The Bertz CT molecular complexity index is 2130. The largest absolute Gasteiger partial charge is 0.344 e. The van der Waals surface area contributed by atoms with Crippen molar-refractivity contribution < 1.29 is 9.59 Å². The van der Waals surface area contributed by atoms with Gasteiger partial charge >= 0.3 is 0 Å². The second-order valence-electron chi connectivity index (χ2n) is 16.6. The van der Waals surface area contributed by atoms with Crippen LogP contribution in [0.4, 0.5) is 0 Å². The number of H-pyrrole nitrogens is 2. The molecule has 11 nitrogen and oxygen atoms in total. The Morgan fingerprint density at radius 3 is 2.42 bits per heavy atom. The number of dihydropyridines is 1. The zero-order valence-electron chi connectivity index (χ0n) is 32.0. The highest BCUT2D eigenvalue weighted by Gasteiger charge is 2.39. The van der Waals surface area contributed by atoms with E-state index < -0.39 is 12.1 Å². The van der Waals surface area contributed by atoms with E-state index in [9.17, 15) is 9.59 Å². The van der Waals surface area contributed by atoms with Crippen LogP contribution in [0.2, 0.25) is 0 Å². The number of benzene rings is 1. The molecule has 6 aliphatic rings. The molecule has 3 aromatic rings. The van der Waals surface area contributed by atoms with Gasteiger partial charge in [0.2, 0.25) is 11.8 Å². The molecule has 2 saturated heterocycles. The summed E-state index contributed by atoms with van der Waals surface area (Å²) in [5, 5.41) is 0. The van der Waals surface area contributed by atoms with E-state index in [2.05, 4.69) is 34.3 Å². The first-order valence-electron chi connectivity index (χ1n) is 20.4. The first kappa shape index (κ1) is 35.8. The number of aromatic nitrogens is 4. The second kappa shape index (κ2) is 14.7. The van der Waals surface area contributed by atoms with Crippen molar-refractivity contribution >= 4 is 28.7 Å². The lowest BCUT2D eigenvalue weighted by Gasteiger charge is -2.31. The second-order valence-corrected chi connectivity index (χ2v) is 16.6.